The van der Waals surface area contributed by atoms with Crippen molar-refractivity contribution in [3.63, 3.8) is 0 Å². The van der Waals surface area contributed by atoms with Crippen LogP contribution in [0, 0.1) is 0 Å². The first kappa shape index (κ1) is 13.1. The van der Waals surface area contributed by atoms with Gasteiger partial charge < -0.3 is 10.3 Å². The van der Waals surface area contributed by atoms with E-state index < -0.39 is 5.54 Å². The minimum atomic E-state index is -0.522. The van der Waals surface area contributed by atoms with Gasteiger partial charge in [0.1, 0.15) is 4.88 Å². The molecular formula is C11H17N5OS. The van der Waals surface area contributed by atoms with Gasteiger partial charge in [0.2, 0.25) is 0 Å². The van der Waals surface area contributed by atoms with Crippen LogP contribution in [0.1, 0.15) is 45.1 Å². The second kappa shape index (κ2) is 5.11. The maximum Gasteiger partial charge on any atom is 0.271 e. The van der Waals surface area contributed by atoms with Gasteiger partial charge in [0.15, 0.2) is 5.82 Å². The van der Waals surface area contributed by atoms with Crippen molar-refractivity contribution < 1.29 is 4.52 Å². The van der Waals surface area contributed by atoms with E-state index in [1.165, 1.54) is 11.5 Å². The molecule has 2 N–H and O–H groups in total. The zero-order chi connectivity index (χ0) is 13.2. The van der Waals surface area contributed by atoms with Gasteiger partial charge in [-0.1, -0.05) is 30.4 Å². The summed E-state index contributed by atoms with van der Waals surface area (Å²) >= 11 is 1.27. The molecule has 0 saturated carbocycles. The van der Waals surface area contributed by atoms with Crippen LogP contribution < -0.4 is 5.73 Å². The van der Waals surface area contributed by atoms with E-state index in [0.717, 1.165) is 29.8 Å². The van der Waals surface area contributed by atoms with Gasteiger partial charge in [0, 0.05) is 0 Å². The van der Waals surface area contributed by atoms with Gasteiger partial charge in [-0.05, 0) is 30.8 Å². The standard InChI is InChI=1S/C11H17N5OS/c1-4-7-8(18-16-14-7)9-13-10(15-17-9)11(12,5-2)6-3/h4-6,12H2,1-3H3. The summed E-state index contributed by atoms with van der Waals surface area (Å²) in [7, 11) is 0. The Morgan fingerprint density at radius 2 is 2.00 bits per heavy atom. The Morgan fingerprint density at radius 3 is 2.61 bits per heavy atom. The quantitative estimate of drug-likeness (QED) is 0.892. The minimum Gasteiger partial charge on any atom is -0.333 e. The molecular weight excluding hydrogens is 250 g/mol. The van der Waals surface area contributed by atoms with Crippen molar-refractivity contribution in [2.45, 2.75) is 45.6 Å². The lowest BCUT2D eigenvalue weighted by Crippen LogP contribution is -2.36. The third kappa shape index (κ3) is 2.15. The monoisotopic (exact) mass is 267 g/mol. The predicted octanol–water partition coefficient (Wildman–Crippen LogP) is 2.12. The SMILES string of the molecule is CCc1nnsc1-c1nc(C(N)(CC)CC)no1. The van der Waals surface area contributed by atoms with E-state index in [1.807, 2.05) is 20.8 Å². The zero-order valence-corrected chi connectivity index (χ0v) is 11.6. The molecule has 0 bridgehead atoms. The molecule has 0 amide bonds. The highest BCUT2D eigenvalue weighted by molar-refractivity contribution is 7.09. The fraction of sp³-hybridized carbons (Fsp3) is 0.636. The van der Waals surface area contributed by atoms with Gasteiger partial charge >= 0.3 is 0 Å². The van der Waals surface area contributed by atoms with Crippen LogP contribution >= 0.6 is 11.5 Å². The van der Waals surface area contributed by atoms with Crippen LogP contribution in [0.4, 0.5) is 0 Å². The third-order valence-electron chi connectivity index (χ3n) is 3.22. The van der Waals surface area contributed by atoms with Crippen LogP contribution in [0.2, 0.25) is 0 Å². The number of nitrogens with zero attached hydrogens (tertiary/aromatic N) is 4. The molecule has 2 aromatic heterocycles. The molecule has 0 spiro atoms. The highest BCUT2D eigenvalue weighted by atomic mass is 32.1. The Labute approximate surface area is 110 Å². The number of nitrogens with two attached hydrogens (primary N) is 1. The van der Waals surface area contributed by atoms with E-state index in [9.17, 15) is 0 Å². The van der Waals surface area contributed by atoms with Gasteiger partial charge in [0.05, 0.1) is 11.2 Å². The summed E-state index contributed by atoms with van der Waals surface area (Å²) in [6, 6.07) is 0. The summed E-state index contributed by atoms with van der Waals surface area (Å²) in [4.78, 5) is 5.24. The third-order valence-corrected chi connectivity index (χ3v) is 3.97. The second-order valence-electron chi connectivity index (χ2n) is 4.19. The zero-order valence-electron chi connectivity index (χ0n) is 10.8. The molecule has 98 valence electrons. The van der Waals surface area contributed by atoms with Crippen LogP contribution in [0.3, 0.4) is 0 Å². The lowest BCUT2D eigenvalue weighted by Gasteiger charge is -2.21. The van der Waals surface area contributed by atoms with Crippen molar-refractivity contribution in [1.29, 1.82) is 0 Å². The Morgan fingerprint density at radius 1 is 1.28 bits per heavy atom. The fourth-order valence-corrected chi connectivity index (χ4v) is 2.36. The van der Waals surface area contributed by atoms with Gasteiger partial charge in [-0.3, -0.25) is 0 Å². The van der Waals surface area contributed by atoms with Crippen molar-refractivity contribution in [3.8, 4) is 10.8 Å². The van der Waals surface area contributed by atoms with Crippen molar-refractivity contribution >= 4 is 11.5 Å². The van der Waals surface area contributed by atoms with E-state index in [4.69, 9.17) is 10.3 Å². The minimum absolute atomic E-state index is 0.466. The highest BCUT2D eigenvalue weighted by Crippen LogP contribution is 2.28. The van der Waals surface area contributed by atoms with Crippen molar-refractivity contribution in [1.82, 2.24) is 19.7 Å². The lowest BCUT2D eigenvalue weighted by atomic mass is 9.93. The van der Waals surface area contributed by atoms with Crippen LogP contribution in [-0.2, 0) is 12.0 Å². The molecule has 0 fully saturated rings. The van der Waals surface area contributed by atoms with Gasteiger partial charge in [0.25, 0.3) is 5.89 Å². The van der Waals surface area contributed by atoms with E-state index in [0.29, 0.717) is 11.7 Å². The summed E-state index contributed by atoms with van der Waals surface area (Å²) < 4.78 is 9.20. The molecule has 2 heterocycles. The first-order chi connectivity index (χ1) is 8.64. The summed E-state index contributed by atoms with van der Waals surface area (Å²) in [5, 5.41) is 8.03. The van der Waals surface area contributed by atoms with E-state index in [2.05, 4.69) is 19.7 Å². The molecule has 0 unspecified atom stereocenters. The van der Waals surface area contributed by atoms with Crippen molar-refractivity contribution in [2.24, 2.45) is 5.73 Å². The Kier molecular flexibility index (Phi) is 3.72. The first-order valence-corrected chi connectivity index (χ1v) is 6.86. The van der Waals surface area contributed by atoms with E-state index >= 15 is 0 Å². The molecule has 18 heavy (non-hydrogen) atoms. The van der Waals surface area contributed by atoms with E-state index in [-0.39, 0.29) is 0 Å². The topological polar surface area (TPSA) is 90.7 Å². The van der Waals surface area contributed by atoms with Crippen molar-refractivity contribution in [3.05, 3.63) is 11.5 Å². The Balaban J connectivity index is 2.36. The van der Waals surface area contributed by atoms with Crippen LogP contribution in [0.5, 0.6) is 0 Å². The molecule has 0 saturated heterocycles. The van der Waals surface area contributed by atoms with Gasteiger partial charge in [-0.25, -0.2) is 0 Å². The summed E-state index contributed by atoms with van der Waals surface area (Å²) in [5.74, 6) is 1.02. The van der Waals surface area contributed by atoms with Crippen molar-refractivity contribution in [2.75, 3.05) is 0 Å². The molecule has 6 nitrogen and oxygen atoms in total. The summed E-state index contributed by atoms with van der Waals surface area (Å²) in [6.45, 7) is 6.05. The Hall–Kier alpha value is -1.34. The number of hydrogen-bond acceptors (Lipinski definition) is 7. The molecule has 2 aromatic rings. The largest absolute Gasteiger partial charge is 0.333 e. The lowest BCUT2D eigenvalue weighted by molar-refractivity contribution is 0.350. The molecule has 0 atom stereocenters. The van der Waals surface area contributed by atoms with Crippen LogP contribution in [-0.4, -0.2) is 19.7 Å². The molecule has 0 aromatic carbocycles. The maximum absolute atomic E-state index is 6.24. The van der Waals surface area contributed by atoms with Gasteiger partial charge in [-0.15, -0.1) is 5.10 Å². The molecule has 0 aliphatic heterocycles. The van der Waals surface area contributed by atoms with E-state index in [1.54, 1.807) is 0 Å². The summed E-state index contributed by atoms with van der Waals surface area (Å²) in [6.07, 6.45) is 2.33. The molecule has 0 radical (unpaired) electrons. The number of rotatable bonds is 5. The first-order valence-electron chi connectivity index (χ1n) is 6.09. The predicted molar refractivity (Wildman–Crippen MR) is 69.0 cm³/mol. The Bertz CT molecular complexity index is 517. The molecule has 2 rings (SSSR count). The number of aryl methyl sites for hydroxylation is 1. The molecule has 0 aliphatic rings. The average Bonchev–Trinajstić information content (AvgIpc) is 3.05. The van der Waals surface area contributed by atoms with Gasteiger partial charge in [-0.2, -0.15) is 4.98 Å². The fourth-order valence-electron chi connectivity index (χ4n) is 1.69. The summed E-state index contributed by atoms with van der Waals surface area (Å²) in [5.41, 5.74) is 6.60. The smallest absolute Gasteiger partial charge is 0.271 e. The number of aromatic nitrogens is 4. The molecule has 7 heteroatoms. The second-order valence-corrected chi connectivity index (χ2v) is 4.94. The highest BCUT2D eigenvalue weighted by Gasteiger charge is 2.30. The maximum atomic E-state index is 6.24. The molecule has 0 aliphatic carbocycles. The number of hydrogen-bond donors (Lipinski definition) is 1. The normalized spacial score (nSPS) is 12.0. The van der Waals surface area contributed by atoms with Crippen LogP contribution in [0.25, 0.3) is 10.8 Å². The average molecular weight is 267 g/mol. The van der Waals surface area contributed by atoms with Crippen LogP contribution in [0.15, 0.2) is 4.52 Å².